The Hall–Kier alpha value is -3.49. The van der Waals surface area contributed by atoms with Crippen molar-refractivity contribution in [3.8, 4) is 6.07 Å². The van der Waals surface area contributed by atoms with Gasteiger partial charge in [-0.15, -0.1) is 0 Å². The zero-order chi connectivity index (χ0) is 27.6. The topological polar surface area (TPSA) is 61.2 Å². The zero-order valence-corrected chi connectivity index (χ0v) is 26.5. The number of nitrogens with zero attached hydrogens (tertiary/aromatic N) is 2. The minimum absolute atomic E-state index is 0.184. The second-order valence-corrected chi connectivity index (χ2v) is 19.9. The first kappa shape index (κ1) is 24.3. The first-order valence-corrected chi connectivity index (χ1v) is 19.7. The van der Waals surface area contributed by atoms with Crippen LogP contribution in [0.4, 0.5) is 15.9 Å². The molecule has 1 aliphatic carbocycles. The fourth-order valence-electron chi connectivity index (χ4n) is 6.68. The van der Waals surface area contributed by atoms with Crippen LogP contribution in [-0.4, -0.2) is 48.6 Å². The van der Waals surface area contributed by atoms with Gasteiger partial charge in [0.2, 0.25) is 0 Å². The predicted octanol–water partition coefficient (Wildman–Crippen LogP) is 5.17. The molecule has 4 nitrogen and oxygen atoms in total. The molecular weight excluding hydrogens is 642 g/mol. The van der Waals surface area contributed by atoms with Crippen molar-refractivity contribution in [2.75, 3.05) is 4.90 Å². The summed E-state index contributed by atoms with van der Waals surface area (Å²) in [6.07, 6.45) is 1.81. The van der Waals surface area contributed by atoms with E-state index in [0.29, 0.717) is 11.1 Å². The van der Waals surface area contributed by atoms with E-state index in [0.717, 1.165) is 35.5 Å². The molecule has 3 aliphatic rings. The van der Waals surface area contributed by atoms with E-state index in [4.69, 9.17) is 0 Å². The summed E-state index contributed by atoms with van der Waals surface area (Å²) in [5.41, 5.74) is 4.83. The average molecular weight is 665 g/mol. The van der Waals surface area contributed by atoms with E-state index in [9.17, 15) is 14.9 Å². The second-order valence-electron chi connectivity index (χ2n) is 11.4. The van der Waals surface area contributed by atoms with Crippen LogP contribution < -0.4 is 15.3 Å². The number of carbonyl (C=O) groups excluding carboxylic acids is 2. The van der Waals surface area contributed by atoms with Crippen LogP contribution in [0.2, 0.25) is 13.1 Å². The molecule has 0 spiro atoms. The molecule has 0 saturated carbocycles. The molecule has 0 radical (unpaired) electrons. The number of allylic oxidation sites excluding steroid dienone is 1. The van der Waals surface area contributed by atoms with Gasteiger partial charge in [0.1, 0.15) is 0 Å². The molecule has 1 unspecified atom stereocenters. The van der Waals surface area contributed by atoms with Crippen LogP contribution in [0.1, 0.15) is 43.2 Å². The summed E-state index contributed by atoms with van der Waals surface area (Å²) in [5, 5.41) is 14.4. The van der Waals surface area contributed by atoms with Crippen LogP contribution in [0.25, 0.3) is 15.7 Å². The Kier molecular flexibility index (Phi) is 4.89. The summed E-state index contributed by atoms with van der Waals surface area (Å²) in [4.78, 5) is 31.5. The minimum atomic E-state index is -2.00. The molecule has 0 amide bonds. The number of Topliss-reactive ketones (excluding diaryl/α,β-unsaturated/α-hetero) is 2. The summed E-state index contributed by atoms with van der Waals surface area (Å²) in [6.45, 7) is 6.80. The van der Waals surface area contributed by atoms with Gasteiger partial charge in [-0.25, -0.2) is 0 Å². The molecule has 40 heavy (non-hydrogen) atoms. The van der Waals surface area contributed by atoms with Gasteiger partial charge in [-0.1, -0.05) is 0 Å². The Morgan fingerprint density at radius 2 is 1.68 bits per heavy atom. The number of carbonyl (C=O) groups is 2. The standard InChI is InChI=1S/C33H22N2O2Se2Si/c1-33(17-34)23-7-6-10-28-29(23)35(25-8-4-5-9-27(25)40(28,2)3)32-24(33)15-19(39-32)14-22-30(36)20-13-18-11-12-38-26(18)16-21(20)31(22)37/h4-16H,1-3H3/b22-14-. The molecule has 2 aliphatic heterocycles. The Bertz CT molecular complexity index is 2020. The van der Waals surface area contributed by atoms with Crippen LogP contribution in [0, 0.1) is 11.3 Å². The van der Waals surface area contributed by atoms with E-state index in [1.807, 2.05) is 31.2 Å². The van der Waals surface area contributed by atoms with Gasteiger partial charge >= 0.3 is 246 Å². The molecule has 0 fully saturated rings. The maximum absolute atomic E-state index is 13.5. The number of ketones is 2. The Labute approximate surface area is 244 Å². The van der Waals surface area contributed by atoms with Crippen molar-refractivity contribution in [3.05, 3.63) is 104 Å². The van der Waals surface area contributed by atoms with E-state index in [2.05, 4.69) is 77.5 Å². The average Bonchev–Trinajstić information content (AvgIpc) is 3.66. The van der Waals surface area contributed by atoms with E-state index in [1.54, 1.807) is 0 Å². The zero-order valence-electron chi connectivity index (χ0n) is 22.0. The first-order valence-electron chi connectivity index (χ1n) is 13.2. The van der Waals surface area contributed by atoms with E-state index >= 15 is 0 Å². The van der Waals surface area contributed by atoms with Gasteiger partial charge in [0.05, 0.1) is 0 Å². The molecule has 4 heterocycles. The van der Waals surface area contributed by atoms with Crippen molar-refractivity contribution in [2.24, 2.45) is 0 Å². The Balaban J connectivity index is 1.34. The first-order chi connectivity index (χ1) is 19.2. The Morgan fingerprint density at radius 1 is 0.925 bits per heavy atom. The fourth-order valence-corrected chi connectivity index (χ4v) is 14.0. The van der Waals surface area contributed by atoms with Crippen LogP contribution in [-0.2, 0) is 5.41 Å². The third-order valence-electron chi connectivity index (χ3n) is 8.84. The summed E-state index contributed by atoms with van der Waals surface area (Å²) >= 11 is 0.0162. The number of nitriles is 1. The number of hydrogen-bond donors (Lipinski definition) is 0. The SMILES string of the molecule is CC1(C#N)c2cc(/C=C3/C(=O)c4cc5cc[se]c5cc4C3=O)[se]c2N2c3ccccc3[Si](C)(C)c3cccc1c32. The molecule has 5 aromatic rings. The van der Waals surface area contributed by atoms with Crippen LogP contribution in [0.15, 0.2) is 77.2 Å². The van der Waals surface area contributed by atoms with Gasteiger partial charge in [-0.3, -0.25) is 0 Å². The van der Waals surface area contributed by atoms with Gasteiger partial charge in [0.25, 0.3) is 0 Å². The summed E-state index contributed by atoms with van der Waals surface area (Å²) in [6, 6.07) is 25.7. The van der Waals surface area contributed by atoms with Crippen molar-refractivity contribution < 1.29 is 9.59 Å². The van der Waals surface area contributed by atoms with Gasteiger partial charge in [0, 0.05) is 0 Å². The number of rotatable bonds is 1. The second kappa shape index (κ2) is 8.04. The van der Waals surface area contributed by atoms with Gasteiger partial charge < -0.3 is 0 Å². The normalized spacial score (nSPS) is 20.8. The number of benzene rings is 3. The summed E-state index contributed by atoms with van der Waals surface area (Å²) < 4.78 is 3.24. The molecule has 192 valence electrons. The third kappa shape index (κ3) is 2.95. The number of anilines is 3. The molecule has 0 bridgehead atoms. The predicted molar refractivity (Wildman–Crippen MR) is 164 cm³/mol. The molecule has 8 rings (SSSR count). The van der Waals surface area contributed by atoms with Crippen molar-refractivity contribution in [1.29, 1.82) is 5.26 Å². The van der Waals surface area contributed by atoms with Crippen LogP contribution in [0.3, 0.4) is 0 Å². The van der Waals surface area contributed by atoms with Crippen LogP contribution >= 0.6 is 0 Å². The van der Waals surface area contributed by atoms with Crippen molar-refractivity contribution in [1.82, 2.24) is 0 Å². The van der Waals surface area contributed by atoms with E-state index in [-0.39, 0.29) is 46.1 Å². The van der Waals surface area contributed by atoms with Gasteiger partial charge in [-0.2, -0.15) is 0 Å². The number of fused-ring (bicyclic) bond motifs is 6. The van der Waals surface area contributed by atoms with Crippen molar-refractivity contribution >= 4 is 90.7 Å². The Morgan fingerprint density at radius 3 is 2.48 bits per heavy atom. The number of hydrogen-bond acceptors (Lipinski definition) is 4. The molecule has 7 heteroatoms. The van der Waals surface area contributed by atoms with Gasteiger partial charge in [-0.05, 0) is 0 Å². The summed E-state index contributed by atoms with van der Waals surface area (Å²) in [5.74, 6) is -0.376. The van der Waals surface area contributed by atoms with Gasteiger partial charge in [0.15, 0.2) is 0 Å². The third-order valence-corrected chi connectivity index (χ3v) is 16.4. The molecule has 1 atom stereocenters. The molecular formula is C33H22N2O2Se2Si. The van der Waals surface area contributed by atoms with Crippen molar-refractivity contribution in [3.63, 3.8) is 0 Å². The fraction of sp³-hybridized carbons (Fsp3) is 0.121. The number of para-hydroxylation sites is 2. The van der Waals surface area contributed by atoms with Crippen molar-refractivity contribution in [2.45, 2.75) is 25.4 Å². The van der Waals surface area contributed by atoms with E-state index < -0.39 is 13.5 Å². The maximum atomic E-state index is 13.5. The quantitative estimate of drug-likeness (QED) is 0.141. The molecule has 3 aromatic carbocycles. The van der Waals surface area contributed by atoms with Crippen LogP contribution in [0.5, 0.6) is 0 Å². The molecule has 0 N–H and O–H groups in total. The molecule has 2 aromatic heterocycles. The monoisotopic (exact) mass is 666 g/mol. The van der Waals surface area contributed by atoms with E-state index in [1.165, 1.54) is 16.1 Å². The molecule has 0 saturated heterocycles. The summed E-state index contributed by atoms with van der Waals surface area (Å²) in [7, 11) is -2.00.